The summed E-state index contributed by atoms with van der Waals surface area (Å²) in [6.07, 6.45) is 0.0642. The Labute approximate surface area is 106 Å². The van der Waals surface area contributed by atoms with Gasteiger partial charge in [-0.25, -0.2) is 13.2 Å². The van der Waals surface area contributed by atoms with E-state index in [2.05, 4.69) is 0 Å². The van der Waals surface area contributed by atoms with Crippen LogP contribution in [0.15, 0.2) is 29.2 Å². The summed E-state index contributed by atoms with van der Waals surface area (Å²) in [5, 5.41) is 9.54. The second kappa shape index (κ2) is 4.07. The molecular weight excluding hydrogens is 254 g/mol. The van der Waals surface area contributed by atoms with E-state index in [0.717, 1.165) is 0 Å². The third-order valence-electron chi connectivity index (χ3n) is 3.52. The second-order valence-corrected chi connectivity index (χ2v) is 6.70. The zero-order valence-corrected chi connectivity index (χ0v) is 11.1. The fourth-order valence-corrected chi connectivity index (χ4v) is 4.13. The lowest BCUT2D eigenvalue weighted by Crippen LogP contribution is -2.52. The van der Waals surface area contributed by atoms with Crippen LogP contribution in [0.3, 0.4) is 0 Å². The highest BCUT2D eigenvalue weighted by molar-refractivity contribution is 7.91. The van der Waals surface area contributed by atoms with Crippen molar-refractivity contribution >= 4 is 15.8 Å². The summed E-state index contributed by atoms with van der Waals surface area (Å²) in [7, 11) is -0.0590. The van der Waals surface area contributed by atoms with Gasteiger partial charge >= 0.3 is 5.97 Å². The van der Waals surface area contributed by atoms with Crippen LogP contribution < -0.4 is 0 Å². The first kappa shape index (κ1) is 13.0. The van der Waals surface area contributed by atoms with E-state index in [1.54, 1.807) is 37.2 Å². The SMILES string of the molecule is CN(C)C1(C(=O)O)CCS(=O)(=O)c2ccccc21. The molecule has 0 spiro atoms. The van der Waals surface area contributed by atoms with Crippen LogP contribution in [0.2, 0.25) is 0 Å². The predicted molar refractivity (Wildman–Crippen MR) is 66.1 cm³/mol. The summed E-state index contributed by atoms with van der Waals surface area (Å²) >= 11 is 0. The van der Waals surface area contributed by atoms with Crippen LogP contribution in [0.4, 0.5) is 0 Å². The minimum atomic E-state index is -3.37. The van der Waals surface area contributed by atoms with Gasteiger partial charge in [0.2, 0.25) is 0 Å². The first-order valence-electron chi connectivity index (χ1n) is 5.55. The van der Waals surface area contributed by atoms with Gasteiger partial charge in [-0.1, -0.05) is 18.2 Å². The Morgan fingerprint density at radius 2 is 1.94 bits per heavy atom. The largest absolute Gasteiger partial charge is 0.480 e. The summed E-state index contributed by atoms with van der Waals surface area (Å²) in [4.78, 5) is 13.4. The molecule has 6 heteroatoms. The molecule has 1 aliphatic rings. The van der Waals surface area contributed by atoms with Gasteiger partial charge in [-0.05, 0) is 26.6 Å². The second-order valence-electron chi connectivity index (χ2n) is 4.62. The van der Waals surface area contributed by atoms with Crippen LogP contribution in [-0.4, -0.2) is 44.2 Å². The number of nitrogens with zero attached hydrogens (tertiary/aromatic N) is 1. The number of carboxylic acid groups (broad SMARTS) is 1. The molecule has 0 fully saturated rings. The highest BCUT2D eigenvalue weighted by atomic mass is 32.2. The Kier molecular flexibility index (Phi) is 2.95. The Morgan fingerprint density at radius 3 is 2.50 bits per heavy atom. The Hall–Kier alpha value is -1.40. The first-order valence-corrected chi connectivity index (χ1v) is 7.21. The number of likely N-dealkylation sites (N-methyl/N-ethyl adjacent to an activating group) is 1. The number of fused-ring (bicyclic) bond motifs is 1. The van der Waals surface area contributed by atoms with Gasteiger partial charge in [0, 0.05) is 5.56 Å². The molecule has 1 aromatic carbocycles. The van der Waals surface area contributed by atoms with Gasteiger partial charge in [-0.3, -0.25) is 4.90 Å². The average Bonchev–Trinajstić information content (AvgIpc) is 2.28. The van der Waals surface area contributed by atoms with Crippen molar-refractivity contribution in [3.8, 4) is 0 Å². The number of carboxylic acids is 1. The number of rotatable bonds is 2. The van der Waals surface area contributed by atoms with Gasteiger partial charge in [0.1, 0.15) is 5.54 Å². The maximum absolute atomic E-state index is 12.0. The molecule has 0 bridgehead atoms. The molecule has 5 nitrogen and oxygen atoms in total. The van der Waals surface area contributed by atoms with Gasteiger partial charge < -0.3 is 5.11 Å². The van der Waals surface area contributed by atoms with E-state index in [-0.39, 0.29) is 17.1 Å². The molecule has 0 aromatic heterocycles. The van der Waals surface area contributed by atoms with Crippen LogP contribution in [0.25, 0.3) is 0 Å². The highest BCUT2D eigenvalue weighted by Crippen LogP contribution is 2.40. The molecule has 0 radical (unpaired) electrons. The summed E-state index contributed by atoms with van der Waals surface area (Å²) in [6.45, 7) is 0. The van der Waals surface area contributed by atoms with E-state index < -0.39 is 21.3 Å². The number of hydrogen-bond donors (Lipinski definition) is 1. The molecule has 1 aliphatic heterocycles. The van der Waals surface area contributed by atoms with Crippen molar-refractivity contribution < 1.29 is 18.3 Å². The fraction of sp³-hybridized carbons (Fsp3) is 0.417. The maximum Gasteiger partial charge on any atom is 0.328 e. The number of sulfone groups is 1. The van der Waals surface area contributed by atoms with Crippen molar-refractivity contribution in [2.75, 3.05) is 19.8 Å². The first-order chi connectivity index (χ1) is 8.32. The van der Waals surface area contributed by atoms with Crippen LogP contribution >= 0.6 is 0 Å². The van der Waals surface area contributed by atoms with Crippen LogP contribution in [0.5, 0.6) is 0 Å². The van der Waals surface area contributed by atoms with Crippen molar-refractivity contribution in [2.24, 2.45) is 0 Å². The predicted octanol–water partition coefficient (Wildman–Crippen LogP) is 0.705. The molecule has 1 atom stereocenters. The molecule has 2 rings (SSSR count). The number of benzene rings is 1. The average molecular weight is 269 g/mol. The van der Waals surface area contributed by atoms with E-state index in [9.17, 15) is 18.3 Å². The summed E-state index contributed by atoms with van der Waals surface area (Å²) in [5.74, 6) is -1.16. The van der Waals surface area contributed by atoms with Crippen LogP contribution in [0.1, 0.15) is 12.0 Å². The summed E-state index contributed by atoms with van der Waals surface area (Å²) < 4.78 is 24.0. The normalized spacial score (nSPS) is 25.7. The van der Waals surface area contributed by atoms with Crippen LogP contribution in [0, 0.1) is 0 Å². The standard InChI is InChI=1S/C12H15NO4S/c1-13(2)12(11(14)15)7-8-18(16,17)10-6-4-3-5-9(10)12/h3-6H,7-8H2,1-2H3,(H,14,15). The van der Waals surface area contributed by atoms with Gasteiger partial charge in [0.25, 0.3) is 0 Å². The number of hydrogen-bond acceptors (Lipinski definition) is 4. The quantitative estimate of drug-likeness (QED) is 0.855. The van der Waals surface area contributed by atoms with Crippen molar-refractivity contribution in [3.63, 3.8) is 0 Å². The number of aliphatic carboxylic acids is 1. The Bertz CT molecular complexity index is 594. The summed E-state index contributed by atoms with van der Waals surface area (Å²) in [5.41, 5.74) is -0.907. The minimum absolute atomic E-state index is 0.0642. The Balaban J connectivity index is 2.79. The fourth-order valence-electron chi connectivity index (χ4n) is 2.48. The van der Waals surface area contributed by atoms with Crippen molar-refractivity contribution in [2.45, 2.75) is 16.9 Å². The molecule has 1 unspecified atom stereocenters. The van der Waals surface area contributed by atoms with Crippen molar-refractivity contribution in [1.82, 2.24) is 4.90 Å². The number of carbonyl (C=O) groups is 1. The van der Waals surface area contributed by atoms with E-state index in [1.807, 2.05) is 0 Å². The summed E-state index contributed by atoms with van der Waals surface area (Å²) in [6, 6.07) is 6.34. The zero-order chi connectivity index (χ0) is 13.6. The smallest absolute Gasteiger partial charge is 0.328 e. The Morgan fingerprint density at radius 1 is 1.33 bits per heavy atom. The van der Waals surface area contributed by atoms with Crippen molar-refractivity contribution in [1.29, 1.82) is 0 Å². The van der Waals surface area contributed by atoms with E-state index in [4.69, 9.17) is 0 Å². The molecule has 18 heavy (non-hydrogen) atoms. The lowest BCUT2D eigenvalue weighted by atomic mass is 9.85. The van der Waals surface area contributed by atoms with Gasteiger partial charge in [-0.2, -0.15) is 0 Å². The molecule has 0 aliphatic carbocycles. The zero-order valence-electron chi connectivity index (χ0n) is 10.3. The van der Waals surface area contributed by atoms with Crippen molar-refractivity contribution in [3.05, 3.63) is 29.8 Å². The lowest BCUT2D eigenvalue weighted by Gasteiger charge is -2.40. The topological polar surface area (TPSA) is 74.7 Å². The third kappa shape index (κ3) is 1.64. The lowest BCUT2D eigenvalue weighted by molar-refractivity contribution is -0.151. The molecule has 1 aromatic rings. The van der Waals surface area contributed by atoms with Gasteiger partial charge in [0.15, 0.2) is 9.84 Å². The van der Waals surface area contributed by atoms with E-state index in [0.29, 0.717) is 5.56 Å². The molecular formula is C12H15NO4S. The highest BCUT2D eigenvalue weighted by Gasteiger charge is 2.49. The molecule has 1 N–H and O–H groups in total. The van der Waals surface area contributed by atoms with Crippen LogP contribution in [-0.2, 0) is 20.2 Å². The third-order valence-corrected chi connectivity index (χ3v) is 5.29. The molecule has 0 saturated heterocycles. The molecule has 0 amide bonds. The molecule has 1 heterocycles. The maximum atomic E-state index is 12.0. The van der Waals surface area contributed by atoms with Gasteiger partial charge in [-0.15, -0.1) is 0 Å². The van der Waals surface area contributed by atoms with E-state index >= 15 is 0 Å². The van der Waals surface area contributed by atoms with Gasteiger partial charge in [0.05, 0.1) is 10.6 Å². The molecule has 0 saturated carbocycles. The minimum Gasteiger partial charge on any atom is -0.480 e. The van der Waals surface area contributed by atoms with E-state index in [1.165, 1.54) is 6.07 Å². The molecule has 98 valence electrons. The monoisotopic (exact) mass is 269 g/mol.